The van der Waals surface area contributed by atoms with Crippen LogP contribution in [0.4, 0.5) is 11.4 Å². The van der Waals surface area contributed by atoms with Gasteiger partial charge in [-0.25, -0.2) is 9.59 Å². The predicted octanol–water partition coefficient (Wildman–Crippen LogP) is 5.84. The molecule has 2 aliphatic heterocycles. The fourth-order valence-electron chi connectivity index (χ4n) is 4.07. The van der Waals surface area contributed by atoms with Crippen molar-refractivity contribution in [2.24, 2.45) is 10.2 Å². The number of azide groups is 2. The second kappa shape index (κ2) is 6.78. The van der Waals surface area contributed by atoms with Crippen molar-refractivity contribution in [3.63, 3.8) is 0 Å². The molecule has 2 heterocycles. The summed E-state index contributed by atoms with van der Waals surface area (Å²) in [5.41, 5.74) is 18.1. The monoisotopic (exact) mass is 426 g/mol. The summed E-state index contributed by atoms with van der Waals surface area (Å²) in [7, 11) is 0. The summed E-state index contributed by atoms with van der Waals surface area (Å²) in [4.78, 5) is 29.8. The van der Waals surface area contributed by atoms with Crippen molar-refractivity contribution in [1.29, 1.82) is 0 Å². The van der Waals surface area contributed by atoms with Crippen molar-refractivity contribution >= 4 is 23.3 Å². The first-order valence-electron chi connectivity index (χ1n) is 9.16. The molecule has 0 saturated carbocycles. The van der Waals surface area contributed by atoms with Crippen LogP contribution in [0.25, 0.3) is 20.9 Å². The minimum Gasteiger partial charge on any atom is -0.478 e. The van der Waals surface area contributed by atoms with Gasteiger partial charge in [0.05, 0.1) is 11.1 Å². The number of carbonyl (C=O) groups is 2. The van der Waals surface area contributed by atoms with Gasteiger partial charge in [0, 0.05) is 37.9 Å². The van der Waals surface area contributed by atoms with Crippen molar-refractivity contribution < 1.29 is 24.2 Å². The number of carboxylic acids is 1. The van der Waals surface area contributed by atoms with Gasteiger partial charge in [-0.05, 0) is 35.3 Å². The van der Waals surface area contributed by atoms with Crippen LogP contribution < -0.4 is 4.74 Å². The van der Waals surface area contributed by atoms with Gasteiger partial charge in [-0.2, -0.15) is 0 Å². The number of esters is 1. The van der Waals surface area contributed by atoms with Crippen LogP contribution in [0, 0.1) is 0 Å². The molecule has 5 rings (SSSR count). The highest BCUT2D eigenvalue weighted by molar-refractivity contribution is 6.00. The molecule has 3 aromatic rings. The molecule has 1 N–H and O–H groups in total. The van der Waals surface area contributed by atoms with E-state index in [1.807, 2.05) is 0 Å². The van der Waals surface area contributed by atoms with Gasteiger partial charge in [0.2, 0.25) is 0 Å². The van der Waals surface area contributed by atoms with E-state index in [1.54, 1.807) is 24.3 Å². The molecule has 0 amide bonds. The van der Waals surface area contributed by atoms with Crippen LogP contribution in [0.15, 0.2) is 64.8 Å². The molecule has 1 spiro atoms. The lowest BCUT2D eigenvalue weighted by molar-refractivity contribution is 0.0224. The molecule has 154 valence electrons. The first kappa shape index (κ1) is 19.0. The summed E-state index contributed by atoms with van der Waals surface area (Å²) in [5.74, 6) is -1.33. The highest BCUT2D eigenvalue weighted by Gasteiger charge is 2.53. The van der Waals surface area contributed by atoms with Crippen molar-refractivity contribution in [1.82, 2.24) is 0 Å². The number of rotatable bonds is 3. The van der Waals surface area contributed by atoms with Crippen LogP contribution in [-0.4, -0.2) is 17.0 Å². The first-order chi connectivity index (χ1) is 15.5. The average molecular weight is 426 g/mol. The number of aromatic carboxylic acids is 1. The third kappa shape index (κ3) is 2.56. The van der Waals surface area contributed by atoms with E-state index in [0.717, 1.165) is 0 Å². The lowest BCUT2D eigenvalue weighted by atomic mass is 9.77. The number of benzene rings is 3. The van der Waals surface area contributed by atoms with Gasteiger partial charge < -0.3 is 14.6 Å². The Morgan fingerprint density at radius 3 is 1.97 bits per heavy atom. The molecule has 0 saturated heterocycles. The Balaban J connectivity index is 1.84. The number of nitrogens with zero attached hydrogens (tertiary/aromatic N) is 6. The van der Waals surface area contributed by atoms with Gasteiger partial charge >= 0.3 is 11.9 Å². The highest BCUT2D eigenvalue weighted by Crippen LogP contribution is 2.57. The molecule has 2 aliphatic rings. The summed E-state index contributed by atoms with van der Waals surface area (Å²) < 4.78 is 11.9. The van der Waals surface area contributed by atoms with E-state index in [4.69, 9.17) is 20.5 Å². The second-order valence-electron chi connectivity index (χ2n) is 6.98. The fourth-order valence-corrected chi connectivity index (χ4v) is 4.07. The van der Waals surface area contributed by atoms with E-state index in [1.165, 1.54) is 30.3 Å². The number of hydrogen-bond donors (Lipinski definition) is 1. The lowest BCUT2D eigenvalue weighted by Crippen LogP contribution is -2.32. The molecule has 11 heteroatoms. The predicted molar refractivity (Wildman–Crippen MR) is 109 cm³/mol. The summed E-state index contributed by atoms with van der Waals surface area (Å²) in [6, 6.07) is 13.5. The Hall–Kier alpha value is -4.98. The molecule has 0 unspecified atom stereocenters. The minimum absolute atomic E-state index is 0.0531. The van der Waals surface area contributed by atoms with Crippen LogP contribution in [0.5, 0.6) is 11.5 Å². The van der Waals surface area contributed by atoms with Crippen molar-refractivity contribution in [3.8, 4) is 11.5 Å². The summed E-state index contributed by atoms with van der Waals surface area (Å²) in [5, 5.41) is 16.5. The van der Waals surface area contributed by atoms with Gasteiger partial charge in [-0.3, -0.25) is 0 Å². The number of hydrogen-bond acceptors (Lipinski definition) is 6. The maximum Gasteiger partial charge on any atom is 0.340 e. The Morgan fingerprint density at radius 1 is 0.875 bits per heavy atom. The van der Waals surface area contributed by atoms with E-state index < -0.39 is 17.5 Å². The molecule has 0 aromatic heterocycles. The molecule has 0 fully saturated rings. The smallest absolute Gasteiger partial charge is 0.340 e. The van der Waals surface area contributed by atoms with Gasteiger partial charge in [0.15, 0.2) is 5.60 Å². The molecular formula is C21H10N6O5. The average Bonchev–Trinajstić information content (AvgIpc) is 3.06. The van der Waals surface area contributed by atoms with Crippen LogP contribution in [0.1, 0.15) is 37.4 Å². The third-order valence-electron chi connectivity index (χ3n) is 5.34. The third-order valence-corrected chi connectivity index (χ3v) is 5.34. The molecule has 0 bridgehead atoms. The molecule has 0 atom stereocenters. The van der Waals surface area contributed by atoms with E-state index in [2.05, 4.69) is 20.1 Å². The van der Waals surface area contributed by atoms with E-state index >= 15 is 0 Å². The second-order valence-corrected chi connectivity index (χ2v) is 6.98. The molecule has 0 radical (unpaired) electrons. The number of carbonyl (C=O) groups excluding carboxylic acids is 1. The standard InChI is InChI=1S/C21H10N6O5/c22-26-24-11-2-5-15-17(8-11)31-18-9-12(25-27-23)3-6-16(18)21(15)14-4-1-10(19(28)29)7-13(14)20(30)32-21/h1-9H,(H,28,29). The van der Waals surface area contributed by atoms with Crippen LogP contribution in [-0.2, 0) is 10.3 Å². The minimum atomic E-state index is -1.43. The lowest BCUT2D eigenvalue weighted by Gasteiger charge is -2.36. The quantitative estimate of drug-likeness (QED) is 0.240. The summed E-state index contributed by atoms with van der Waals surface area (Å²) in [6.45, 7) is 0. The van der Waals surface area contributed by atoms with Crippen LogP contribution in [0.2, 0.25) is 0 Å². The number of ether oxygens (including phenoxy) is 2. The Bertz CT molecular complexity index is 1390. The molecule has 0 aliphatic carbocycles. The molecule has 3 aromatic carbocycles. The zero-order valence-electron chi connectivity index (χ0n) is 16.0. The van der Waals surface area contributed by atoms with Crippen molar-refractivity contribution in [2.75, 3.05) is 0 Å². The highest BCUT2D eigenvalue weighted by atomic mass is 16.6. The largest absolute Gasteiger partial charge is 0.478 e. The number of carboxylic acid groups (broad SMARTS) is 1. The topological polar surface area (TPSA) is 170 Å². The van der Waals surface area contributed by atoms with Crippen LogP contribution in [0.3, 0.4) is 0 Å². The van der Waals surface area contributed by atoms with Gasteiger partial charge in [0.1, 0.15) is 11.5 Å². The van der Waals surface area contributed by atoms with Crippen molar-refractivity contribution in [2.45, 2.75) is 5.60 Å². The molecule has 11 nitrogen and oxygen atoms in total. The van der Waals surface area contributed by atoms with E-state index in [0.29, 0.717) is 16.7 Å². The normalized spacial score (nSPS) is 17.1. The zero-order valence-corrected chi connectivity index (χ0v) is 16.0. The van der Waals surface area contributed by atoms with Crippen molar-refractivity contribution in [3.05, 3.63) is 103 Å². The SMILES string of the molecule is [N-]=[N+]=Nc1ccc2c(c1)Oc1cc(N=[N+]=[N-])ccc1C21OC(=O)c2cc(C(=O)O)ccc21. The van der Waals surface area contributed by atoms with Gasteiger partial charge in [-0.1, -0.05) is 40.6 Å². The Morgan fingerprint density at radius 2 is 1.44 bits per heavy atom. The summed E-state index contributed by atoms with van der Waals surface area (Å²) in [6.07, 6.45) is 0. The zero-order chi connectivity index (χ0) is 22.5. The van der Waals surface area contributed by atoms with E-state index in [-0.39, 0.29) is 34.0 Å². The number of fused-ring (bicyclic) bond motifs is 6. The molecule has 32 heavy (non-hydrogen) atoms. The maximum absolute atomic E-state index is 12.9. The molecular weight excluding hydrogens is 416 g/mol. The van der Waals surface area contributed by atoms with Gasteiger partial charge in [0.25, 0.3) is 0 Å². The first-order valence-corrected chi connectivity index (χ1v) is 9.16. The summed E-state index contributed by atoms with van der Waals surface area (Å²) >= 11 is 0. The maximum atomic E-state index is 12.9. The Labute approximate surface area is 178 Å². The van der Waals surface area contributed by atoms with E-state index in [9.17, 15) is 14.7 Å². The Kier molecular flexibility index (Phi) is 4.03. The van der Waals surface area contributed by atoms with Gasteiger partial charge in [-0.15, -0.1) is 0 Å². The van der Waals surface area contributed by atoms with Crippen LogP contribution >= 0.6 is 0 Å². The fraction of sp³-hybridized carbons (Fsp3) is 0.0476.